The molecule has 3 heteroatoms. The summed E-state index contributed by atoms with van der Waals surface area (Å²) in [5, 5.41) is 4.29. The largest absolute Gasteiger partial charge is 0.357 e. The molecule has 0 spiro atoms. The van der Waals surface area contributed by atoms with Gasteiger partial charge in [0.25, 0.3) is 0 Å². The highest BCUT2D eigenvalue weighted by atomic mass is 16.2. The Hall–Kier alpha value is -2.55. The van der Waals surface area contributed by atoms with E-state index >= 15 is 0 Å². The second kappa shape index (κ2) is 5.73. The highest BCUT2D eigenvalue weighted by Crippen LogP contribution is 2.54. The molecule has 2 aliphatic carbocycles. The fraction of sp³-hybridized carbons (Fsp3) is 0.348. The fourth-order valence-electron chi connectivity index (χ4n) is 3.97. The molecule has 0 aliphatic heterocycles. The first-order valence-corrected chi connectivity index (χ1v) is 9.57. The number of fused-ring (bicyclic) bond motifs is 1. The van der Waals surface area contributed by atoms with Crippen LogP contribution in [0.1, 0.15) is 54.8 Å². The van der Waals surface area contributed by atoms with Crippen LogP contribution in [0.25, 0.3) is 10.9 Å². The fourth-order valence-corrected chi connectivity index (χ4v) is 3.97. The summed E-state index contributed by atoms with van der Waals surface area (Å²) in [5.74, 6) is 1.46. The van der Waals surface area contributed by atoms with E-state index in [9.17, 15) is 4.79 Å². The molecule has 2 aromatic carbocycles. The van der Waals surface area contributed by atoms with Crippen LogP contribution in [-0.4, -0.2) is 10.9 Å². The van der Waals surface area contributed by atoms with Gasteiger partial charge in [-0.25, -0.2) is 0 Å². The topological polar surface area (TPSA) is 44.9 Å². The molecule has 2 saturated carbocycles. The monoisotopic (exact) mass is 344 g/mol. The summed E-state index contributed by atoms with van der Waals surface area (Å²) in [7, 11) is 0. The second-order valence-electron chi connectivity index (χ2n) is 8.24. The van der Waals surface area contributed by atoms with E-state index in [1.54, 1.807) is 0 Å². The molecule has 26 heavy (non-hydrogen) atoms. The first kappa shape index (κ1) is 15.7. The highest BCUT2D eigenvalue weighted by molar-refractivity contribution is 5.85. The van der Waals surface area contributed by atoms with Crippen LogP contribution in [0, 0.1) is 5.41 Å². The third kappa shape index (κ3) is 2.82. The van der Waals surface area contributed by atoms with Crippen molar-refractivity contribution >= 4 is 16.8 Å². The van der Waals surface area contributed by atoms with Gasteiger partial charge in [0.15, 0.2) is 0 Å². The van der Waals surface area contributed by atoms with E-state index in [0.29, 0.717) is 18.4 Å². The van der Waals surface area contributed by atoms with Crippen molar-refractivity contribution in [2.24, 2.45) is 5.41 Å². The predicted octanol–water partition coefficient (Wildman–Crippen LogP) is 4.86. The number of carbonyl (C=O) groups is 1. The Labute approximate surface area is 153 Å². The van der Waals surface area contributed by atoms with Crippen molar-refractivity contribution in [1.82, 2.24) is 10.3 Å². The molecule has 0 saturated heterocycles. The first-order valence-electron chi connectivity index (χ1n) is 9.57. The molecule has 1 aromatic heterocycles. The molecule has 1 amide bonds. The Bertz CT molecular complexity index is 968. The lowest BCUT2D eigenvalue weighted by atomic mass is 10.0. The number of nitrogens with one attached hydrogen (secondary N) is 2. The summed E-state index contributed by atoms with van der Waals surface area (Å²) < 4.78 is 0. The van der Waals surface area contributed by atoms with Crippen LogP contribution < -0.4 is 5.32 Å². The molecule has 0 unspecified atom stereocenters. The van der Waals surface area contributed by atoms with Gasteiger partial charge in [-0.05, 0) is 59.7 Å². The molecule has 1 heterocycles. The Balaban J connectivity index is 1.30. The number of H-pyrrole nitrogens is 1. The van der Waals surface area contributed by atoms with Crippen LogP contribution in [0.3, 0.4) is 0 Å². The van der Waals surface area contributed by atoms with Gasteiger partial charge in [-0.2, -0.15) is 0 Å². The van der Waals surface area contributed by atoms with Gasteiger partial charge in [0.2, 0.25) is 5.91 Å². The van der Waals surface area contributed by atoms with Crippen molar-refractivity contribution in [3.63, 3.8) is 0 Å². The van der Waals surface area contributed by atoms with E-state index in [4.69, 9.17) is 0 Å². The molecule has 3 nitrogen and oxygen atoms in total. The van der Waals surface area contributed by atoms with Gasteiger partial charge in [0, 0.05) is 16.6 Å². The van der Waals surface area contributed by atoms with Gasteiger partial charge in [-0.15, -0.1) is 0 Å². The number of benzene rings is 2. The number of carbonyl (C=O) groups excluding carboxylic acids is 1. The van der Waals surface area contributed by atoms with Gasteiger partial charge in [0.05, 0.1) is 6.54 Å². The molecule has 3 aromatic rings. The zero-order valence-electron chi connectivity index (χ0n) is 15.1. The molecule has 5 rings (SSSR count). The molecule has 2 N–H and O–H groups in total. The van der Waals surface area contributed by atoms with E-state index < -0.39 is 0 Å². The van der Waals surface area contributed by atoms with E-state index in [0.717, 1.165) is 18.5 Å². The molecule has 132 valence electrons. The van der Waals surface area contributed by atoms with Crippen LogP contribution in [0.4, 0.5) is 0 Å². The second-order valence-corrected chi connectivity index (χ2v) is 8.24. The number of amides is 1. The minimum atomic E-state index is -0.113. The lowest BCUT2D eigenvalue weighted by molar-refractivity contribution is -0.125. The Kier molecular flexibility index (Phi) is 3.46. The average molecular weight is 344 g/mol. The first-order chi connectivity index (χ1) is 12.6. The van der Waals surface area contributed by atoms with E-state index in [1.807, 2.05) is 6.92 Å². The molecule has 2 aliphatic rings. The normalized spacial score (nSPS) is 23.0. The Morgan fingerprint density at radius 1 is 1.08 bits per heavy atom. The van der Waals surface area contributed by atoms with Crippen molar-refractivity contribution in [3.05, 3.63) is 71.4 Å². The SMILES string of the molecule is CC1(C(=O)NCc2cc3ccc([C@@H]4C[C@H]4c4ccccc4)cc3[nH]2)CC1. The predicted molar refractivity (Wildman–Crippen MR) is 104 cm³/mol. The molecule has 2 fully saturated rings. The van der Waals surface area contributed by atoms with Crippen LogP contribution in [0.5, 0.6) is 0 Å². The van der Waals surface area contributed by atoms with Crippen LogP contribution in [0.15, 0.2) is 54.6 Å². The van der Waals surface area contributed by atoms with Crippen molar-refractivity contribution in [3.8, 4) is 0 Å². The zero-order valence-corrected chi connectivity index (χ0v) is 15.1. The van der Waals surface area contributed by atoms with Crippen molar-refractivity contribution < 1.29 is 4.79 Å². The van der Waals surface area contributed by atoms with Gasteiger partial charge in [-0.3, -0.25) is 4.79 Å². The summed E-state index contributed by atoms with van der Waals surface area (Å²) in [6.45, 7) is 2.62. The maximum atomic E-state index is 12.1. The number of hydrogen-bond acceptors (Lipinski definition) is 1. The molecule has 0 bridgehead atoms. The van der Waals surface area contributed by atoms with E-state index in [2.05, 4.69) is 64.9 Å². The smallest absolute Gasteiger partial charge is 0.226 e. The molecular weight excluding hydrogens is 320 g/mol. The maximum absolute atomic E-state index is 12.1. The number of aromatic nitrogens is 1. The van der Waals surface area contributed by atoms with Gasteiger partial charge in [-0.1, -0.05) is 49.4 Å². The van der Waals surface area contributed by atoms with Gasteiger partial charge < -0.3 is 10.3 Å². The third-order valence-corrected chi connectivity index (χ3v) is 6.14. The van der Waals surface area contributed by atoms with E-state index in [1.165, 1.54) is 28.5 Å². The number of aromatic amines is 1. The minimum Gasteiger partial charge on any atom is -0.357 e. The van der Waals surface area contributed by atoms with Gasteiger partial charge in [0.1, 0.15) is 0 Å². The number of rotatable bonds is 5. The van der Waals surface area contributed by atoms with Crippen LogP contribution >= 0.6 is 0 Å². The zero-order chi connectivity index (χ0) is 17.7. The third-order valence-electron chi connectivity index (χ3n) is 6.14. The summed E-state index contributed by atoms with van der Waals surface area (Å²) in [6, 6.07) is 19.7. The van der Waals surface area contributed by atoms with Gasteiger partial charge >= 0.3 is 0 Å². The Morgan fingerprint density at radius 2 is 1.85 bits per heavy atom. The van der Waals surface area contributed by atoms with Crippen molar-refractivity contribution in [2.75, 3.05) is 0 Å². The molecular formula is C23H24N2O. The van der Waals surface area contributed by atoms with Crippen LogP contribution in [0.2, 0.25) is 0 Å². The lowest BCUT2D eigenvalue weighted by Gasteiger charge is -2.08. The van der Waals surface area contributed by atoms with Crippen LogP contribution in [-0.2, 0) is 11.3 Å². The lowest BCUT2D eigenvalue weighted by Crippen LogP contribution is -2.29. The summed E-state index contributed by atoms with van der Waals surface area (Å²) in [4.78, 5) is 15.6. The molecule has 2 atom stereocenters. The summed E-state index contributed by atoms with van der Waals surface area (Å²) in [5.41, 5.74) is 4.99. The summed E-state index contributed by atoms with van der Waals surface area (Å²) in [6.07, 6.45) is 3.26. The molecule has 0 radical (unpaired) electrons. The minimum absolute atomic E-state index is 0.113. The summed E-state index contributed by atoms with van der Waals surface area (Å²) >= 11 is 0. The maximum Gasteiger partial charge on any atom is 0.226 e. The Morgan fingerprint density at radius 3 is 2.62 bits per heavy atom. The highest BCUT2D eigenvalue weighted by Gasteiger charge is 2.44. The number of hydrogen-bond donors (Lipinski definition) is 2. The van der Waals surface area contributed by atoms with E-state index in [-0.39, 0.29) is 11.3 Å². The van der Waals surface area contributed by atoms with Crippen molar-refractivity contribution in [1.29, 1.82) is 0 Å². The standard InChI is InChI=1S/C23H24N2O/c1-23(9-10-23)22(26)24-14-18-11-17-8-7-16(12-21(17)25-18)20-13-19(20)15-5-3-2-4-6-15/h2-8,11-12,19-20,25H,9-10,13-14H2,1H3,(H,24,26)/t19-,20-/m0/s1. The quantitative estimate of drug-likeness (QED) is 0.682. The van der Waals surface area contributed by atoms with Crippen molar-refractivity contribution in [2.45, 2.75) is 44.6 Å². The average Bonchev–Trinajstić information content (AvgIpc) is 3.57.